The van der Waals surface area contributed by atoms with E-state index in [-0.39, 0.29) is 11.4 Å². The second-order valence-corrected chi connectivity index (χ2v) is 7.10. The van der Waals surface area contributed by atoms with Gasteiger partial charge in [-0.2, -0.15) is 0 Å². The Hall–Kier alpha value is -1.18. The van der Waals surface area contributed by atoms with Gasteiger partial charge in [-0.3, -0.25) is 0 Å². The van der Waals surface area contributed by atoms with Gasteiger partial charge in [-0.05, 0) is 31.7 Å². The van der Waals surface area contributed by atoms with Crippen molar-refractivity contribution in [3.8, 4) is 0 Å². The van der Waals surface area contributed by atoms with E-state index in [1.807, 2.05) is 0 Å². The molecule has 1 fully saturated rings. The fourth-order valence-electron chi connectivity index (χ4n) is 2.52. The summed E-state index contributed by atoms with van der Waals surface area (Å²) in [6, 6.07) is 0. The third-order valence-corrected chi connectivity index (χ3v) is 6.14. The van der Waals surface area contributed by atoms with Gasteiger partial charge in [0.2, 0.25) is 0 Å². The summed E-state index contributed by atoms with van der Waals surface area (Å²) in [4.78, 5) is 20.7. The van der Waals surface area contributed by atoms with Gasteiger partial charge < -0.3 is 10.2 Å². The minimum Gasteiger partial charge on any atom is -0.477 e. The van der Waals surface area contributed by atoms with Crippen LogP contribution in [-0.2, 0) is 0 Å². The van der Waals surface area contributed by atoms with Gasteiger partial charge in [0.1, 0.15) is 21.1 Å². The molecular weight excluding hydrogens is 296 g/mol. The van der Waals surface area contributed by atoms with Gasteiger partial charge in [0, 0.05) is 10.6 Å². The first-order valence-electron chi connectivity index (χ1n) is 6.40. The second-order valence-electron chi connectivity index (χ2n) is 4.87. The van der Waals surface area contributed by atoms with E-state index in [0.29, 0.717) is 15.3 Å². The van der Waals surface area contributed by atoms with Crippen molar-refractivity contribution in [2.24, 2.45) is 0 Å². The molecule has 0 bridgehead atoms. The van der Waals surface area contributed by atoms with Crippen LogP contribution in [0.5, 0.6) is 0 Å². The number of thioether (sulfide) groups is 1. The number of nitrogens with zero attached hydrogens (tertiary/aromatic N) is 2. The quantitative estimate of drug-likeness (QED) is 0.848. The maximum atomic E-state index is 11.2. The van der Waals surface area contributed by atoms with Crippen LogP contribution in [0, 0.1) is 6.92 Å². The molecule has 3 rings (SSSR count). The molecule has 0 aromatic carbocycles. The first-order valence-corrected chi connectivity index (χ1v) is 8.09. The molecule has 2 unspecified atom stereocenters. The van der Waals surface area contributed by atoms with Crippen LogP contribution >= 0.6 is 23.1 Å². The number of carboxylic acid groups (broad SMARTS) is 1. The van der Waals surface area contributed by atoms with Crippen molar-refractivity contribution in [1.82, 2.24) is 9.97 Å². The fourth-order valence-corrected chi connectivity index (χ4v) is 4.91. The van der Waals surface area contributed by atoms with E-state index >= 15 is 0 Å². The predicted octanol–water partition coefficient (Wildman–Crippen LogP) is 2.70. The minimum absolute atomic E-state index is 0.140. The lowest BCUT2D eigenvalue weighted by atomic mass is 10.2. The molecule has 0 radical (unpaired) electrons. The molecule has 106 valence electrons. The number of hydrogen-bond donors (Lipinski definition) is 2. The topological polar surface area (TPSA) is 83.3 Å². The van der Waals surface area contributed by atoms with E-state index in [0.717, 1.165) is 29.7 Å². The summed E-state index contributed by atoms with van der Waals surface area (Å²) in [5.41, 5.74) is 0.716. The van der Waals surface area contributed by atoms with E-state index < -0.39 is 5.97 Å². The molecule has 2 aromatic heterocycles. The maximum Gasteiger partial charge on any atom is 0.346 e. The van der Waals surface area contributed by atoms with Crippen LogP contribution in [0.4, 0.5) is 0 Å². The largest absolute Gasteiger partial charge is 0.477 e. The Morgan fingerprint density at radius 1 is 1.45 bits per heavy atom. The van der Waals surface area contributed by atoms with Gasteiger partial charge in [-0.15, -0.1) is 11.3 Å². The average Bonchev–Trinajstić information content (AvgIpc) is 2.95. The number of carbonyl (C=O) groups is 1. The van der Waals surface area contributed by atoms with Crippen molar-refractivity contribution in [2.45, 2.75) is 42.6 Å². The lowest BCUT2D eigenvalue weighted by molar-refractivity contribution is 0.0701. The van der Waals surface area contributed by atoms with E-state index in [1.54, 1.807) is 18.7 Å². The number of thiophene rings is 1. The molecular formula is C13H14N2O3S2. The molecule has 1 saturated carbocycles. The molecule has 2 heterocycles. The first kappa shape index (κ1) is 13.8. The SMILES string of the molecule is Cc1c(C(=O)O)sc2ncnc(SC3CCCC3O)c12. The van der Waals surface area contributed by atoms with E-state index in [1.165, 1.54) is 17.7 Å². The summed E-state index contributed by atoms with van der Waals surface area (Å²) in [5.74, 6) is -0.928. The predicted molar refractivity (Wildman–Crippen MR) is 78.6 cm³/mol. The second kappa shape index (κ2) is 5.31. The van der Waals surface area contributed by atoms with Crippen molar-refractivity contribution in [1.29, 1.82) is 0 Å². The number of aromatic carboxylic acids is 1. The maximum absolute atomic E-state index is 11.2. The Balaban J connectivity index is 2.04. The Morgan fingerprint density at radius 3 is 2.90 bits per heavy atom. The molecule has 0 aliphatic heterocycles. The summed E-state index contributed by atoms with van der Waals surface area (Å²) in [6.07, 6.45) is 3.98. The Morgan fingerprint density at radius 2 is 2.25 bits per heavy atom. The summed E-state index contributed by atoms with van der Waals surface area (Å²) < 4.78 is 0. The van der Waals surface area contributed by atoms with Crippen LogP contribution in [0.1, 0.15) is 34.5 Å². The smallest absolute Gasteiger partial charge is 0.346 e. The van der Waals surface area contributed by atoms with E-state index in [2.05, 4.69) is 9.97 Å². The Bertz CT molecular complexity index is 671. The molecule has 0 spiro atoms. The highest BCUT2D eigenvalue weighted by atomic mass is 32.2. The summed E-state index contributed by atoms with van der Waals surface area (Å²) in [5, 5.41) is 20.9. The third kappa shape index (κ3) is 2.30. The van der Waals surface area contributed by atoms with Crippen molar-refractivity contribution in [3.63, 3.8) is 0 Å². The normalized spacial score (nSPS) is 22.5. The lowest BCUT2D eigenvalue weighted by Gasteiger charge is -2.13. The van der Waals surface area contributed by atoms with Gasteiger partial charge in [0.15, 0.2) is 0 Å². The zero-order valence-corrected chi connectivity index (χ0v) is 12.5. The van der Waals surface area contributed by atoms with Crippen molar-refractivity contribution in [2.75, 3.05) is 0 Å². The van der Waals surface area contributed by atoms with Crippen LogP contribution < -0.4 is 0 Å². The van der Waals surface area contributed by atoms with Crippen molar-refractivity contribution >= 4 is 39.3 Å². The number of carboxylic acids is 1. The minimum atomic E-state index is -0.928. The average molecular weight is 310 g/mol. The van der Waals surface area contributed by atoms with Gasteiger partial charge >= 0.3 is 5.97 Å². The number of aliphatic hydroxyl groups excluding tert-OH is 1. The van der Waals surface area contributed by atoms with Crippen LogP contribution in [0.3, 0.4) is 0 Å². The fraction of sp³-hybridized carbons (Fsp3) is 0.462. The highest BCUT2D eigenvalue weighted by molar-refractivity contribution is 8.00. The highest BCUT2D eigenvalue weighted by Gasteiger charge is 2.28. The van der Waals surface area contributed by atoms with Gasteiger partial charge in [0.25, 0.3) is 0 Å². The molecule has 20 heavy (non-hydrogen) atoms. The monoisotopic (exact) mass is 310 g/mol. The van der Waals surface area contributed by atoms with E-state index in [4.69, 9.17) is 0 Å². The Kier molecular flexibility index (Phi) is 3.66. The summed E-state index contributed by atoms with van der Waals surface area (Å²) in [6.45, 7) is 1.79. The molecule has 2 atom stereocenters. The van der Waals surface area contributed by atoms with Crippen LogP contribution in [-0.4, -0.2) is 37.5 Å². The number of fused-ring (bicyclic) bond motifs is 1. The molecule has 7 heteroatoms. The molecule has 0 saturated heterocycles. The molecule has 1 aliphatic rings. The van der Waals surface area contributed by atoms with Crippen molar-refractivity contribution < 1.29 is 15.0 Å². The van der Waals surface area contributed by atoms with Crippen LogP contribution in [0.2, 0.25) is 0 Å². The summed E-state index contributed by atoms with van der Waals surface area (Å²) in [7, 11) is 0. The lowest BCUT2D eigenvalue weighted by Crippen LogP contribution is -2.15. The highest BCUT2D eigenvalue weighted by Crippen LogP contribution is 2.40. The van der Waals surface area contributed by atoms with Gasteiger partial charge in [-0.25, -0.2) is 14.8 Å². The number of aryl methyl sites for hydroxylation is 1. The number of aromatic nitrogens is 2. The van der Waals surface area contributed by atoms with Gasteiger partial charge in [0.05, 0.1) is 6.10 Å². The molecule has 5 nitrogen and oxygen atoms in total. The zero-order valence-electron chi connectivity index (χ0n) is 10.9. The van der Waals surface area contributed by atoms with E-state index in [9.17, 15) is 15.0 Å². The number of rotatable bonds is 3. The third-order valence-electron chi connectivity index (χ3n) is 3.57. The number of hydrogen-bond acceptors (Lipinski definition) is 6. The molecule has 1 aliphatic carbocycles. The molecule has 0 amide bonds. The van der Waals surface area contributed by atoms with Crippen LogP contribution in [0.25, 0.3) is 10.2 Å². The molecule has 2 N–H and O–H groups in total. The number of aliphatic hydroxyl groups is 1. The van der Waals surface area contributed by atoms with Crippen LogP contribution in [0.15, 0.2) is 11.4 Å². The summed E-state index contributed by atoms with van der Waals surface area (Å²) >= 11 is 2.72. The van der Waals surface area contributed by atoms with Gasteiger partial charge in [-0.1, -0.05) is 11.8 Å². The standard InChI is InChI=1S/C13H14N2O3S2/c1-6-9-11(19-8-4-2-3-7(8)16)14-5-15-12(9)20-10(6)13(17)18/h5,7-8,16H,2-4H2,1H3,(H,17,18). The molecule has 2 aromatic rings. The zero-order chi connectivity index (χ0) is 14.3. The Labute approximate surface area is 124 Å². The van der Waals surface area contributed by atoms with Crippen molar-refractivity contribution in [3.05, 3.63) is 16.8 Å². The first-order chi connectivity index (χ1) is 9.58.